The quantitative estimate of drug-likeness (QED) is 0.707. The van der Waals surface area contributed by atoms with Gasteiger partial charge in [0, 0.05) is 26.2 Å². The molecule has 1 aromatic rings. The van der Waals surface area contributed by atoms with Gasteiger partial charge in [-0.1, -0.05) is 19.9 Å². The van der Waals surface area contributed by atoms with E-state index in [-0.39, 0.29) is 18.3 Å². The lowest BCUT2D eigenvalue weighted by atomic mass is 10.1. The average Bonchev–Trinajstić information content (AvgIpc) is 2.66. The van der Waals surface area contributed by atoms with Crippen LogP contribution in [0.15, 0.2) is 18.2 Å². The van der Waals surface area contributed by atoms with Crippen LogP contribution in [0.2, 0.25) is 0 Å². The highest BCUT2D eigenvalue weighted by Gasteiger charge is 2.26. The van der Waals surface area contributed by atoms with E-state index >= 15 is 0 Å². The van der Waals surface area contributed by atoms with Crippen molar-refractivity contribution in [2.24, 2.45) is 0 Å². The molecule has 1 aliphatic heterocycles. The van der Waals surface area contributed by atoms with Crippen LogP contribution in [0.3, 0.4) is 0 Å². The fourth-order valence-electron chi connectivity index (χ4n) is 2.83. The molecule has 0 saturated carbocycles. The summed E-state index contributed by atoms with van der Waals surface area (Å²) in [6.45, 7) is 7.99. The van der Waals surface area contributed by atoms with Crippen molar-refractivity contribution in [2.75, 3.05) is 40.0 Å². The third-order valence-electron chi connectivity index (χ3n) is 4.07. The zero-order valence-electron chi connectivity index (χ0n) is 16.0. The Hall–Kier alpha value is -1.50. The van der Waals surface area contributed by atoms with Crippen LogP contribution in [0.1, 0.15) is 32.3 Å². The maximum Gasteiger partial charge on any atom is 0.253 e. The molecule has 1 aromatic carbocycles. The summed E-state index contributed by atoms with van der Waals surface area (Å²) in [5.41, 5.74) is 1.02. The first-order valence-corrected chi connectivity index (χ1v) is 9.10. The van der Waals surface area contributed by atoms with Crippen molar-refractivity contribution in [3.05, 3.63) is 23.8 Å². The Labute approximate surface area is 162 Å². The van der Waals surface area contributed by atoms with Crippen LogP contribution in [0.4, 0.5) is 0 Å². The molecule has 0 spiro atoms. The van der Waals surface area contributed by atoms with Crippen molar-refractivity contribution >= 4 is 18.3 Å². The van der Waals surface area contributed by atoms with Crippen molar-refractivity contribution in [3.63, 3.8) is 0 Å². The van der Waals surface area contributed by atoms with Crippen LogP contribution in [0, 0.1) is 0 Å². The molecule has 1 aliphatic rings. The number of halogens is 1. The molecule has 6 nitrogen and oxygen atoms in total. The highest BCUT2D eigenvalue weighted by molar-refractivity contribution is 5.85. The molecular formula is C19H31ClN2O4. The largest absolute Gasteiger partial charge is 0.493 e. The molecule has 1 N–H and O–H groups in total. The number of hydrogen-bond acceptors (Lipinski definition) is 5. The highest BCUT2D eigenvalue weighted by Crippen LogP contribution is 2.29. The number of carbonyl (C=O) groups excluding carboxylic acids is 1. The molecule has 1 atom stereocenters. The number of hydrogen-bond donors (Lipinski definition) is 1. The molecule has 1 heterocycles. The van der Waals surface area contributed by atoms with Crippen LogP contribution in [-0.2, 0) is 16.1 Å². The number of rotatable bonds is 9. The summed E-state index contributed by atoms with van der Waals surface area (Å²) in [5, 5.41) is 3.21. The van der Waals surface area contributed by atoms with Crippen molar-refractivity contribution in [2.45, 2.75) is 39.3 Å². The Balaban J connectivity index is 0.00000338. The van der Waals surface area contributed by atoms with E-state index in [4.69, 9.17) is 14.2 Å². The Bertz CT molecular complexity index is 550. The minimum atomic E-state index is -0.394. The minimum absolute atomic E-state index is 0. The number of carbonyl (C=O) groups is 1. The molecule has 0 aliphatic carbocycles. The van der Waals surface area contributed by atoms with E-state index in [0.29, 0.717) is 38.6 Å². The lowest BCUT2D eigenvalue weighted by Gasteiger charge is -2.30. The van der Waals surface area contributed by atoms with Gasteiger partial charge >= 0.3 is 0 Å². The molecule has 1 saturated heterocycles. The van der Waals surface area contributed by atoms with Gasteiger partial charge < -0.3 is 24.4 Å². The molecule has 7 heteroatoms. The number of amides is 1. The summed E-state index contributed by atoms with van der Waals surface area (Å²) >= 11 is 0. The summed E-state index contributed by atoms with van der Waals surface area (Å²) in [4.78, 5) is 14.6. The van der Waals surface area contributed by atoms with Gasteiger partial charge in [-0.15, -0.1) is 12.4 Å². The van der Waals surface area contributed by atoms with E-state index in [0.717, 1.165) is 30.7 Å². The van der Waals surface area contributed by atoms with E-state index in [1.54, 1.807) is 7.11 Å². The summed E-state index contributed by atoms with van der Waals surface area (Å²) in [6.07, 6.45) is 1.45. The van der Waals surface area contributed by atoms with Gasteiger partial charge in [0.15, 0.2) is 11.5 Å². The first-order valence-electron chi connectivity index (χ1n) is 9.10. The smallest absolute Gasteiger partial charge is 0.253 e. The second kappa shape index (κ2) is 12.0. The van der Waals surface area contributed by atoms with Gasteiger partial charge in [-0.05, 0) is 30.5 Å². The van der Waals surface area contributed by atoms with Gasteiger partial charge in [0.25, 0.3) is 5.91 Å². The van der Waals surface area contributed by atoms with E-state index in [1.807, 2.05) is 23.1 Å². The summed E-state index contributed by atoms with van der Waals surface area (Å²) in [6, 6.07) is 5.85. The first-order chi connectivity index (χ1) is 12.2. The molecule has 148 valence electrons. The van der Waals surface area contributed by atoms with Crippen LogP contribution in [0.5, 0.6) is 11.5 Å². The molecule has 1 fully saturated rings. The van der Waals surface area contributed by atoms with Gasteiger partial charge in [-0.3, -0.25) is 4.79 Å². The van der Waals surface area contributed by atoms with Crippen molar-refractivity contribution in [1.82, 2.24) is 10.2 Å². The van der Waals surface area contributed by atoms with Gasteiger partial charge in [0.2, 0.25) is 0 Å². The number of methoxy groups -OCH3 is 1. The number of ether oxygens (including phenoxy) is 3. The SMILES string of the molecule is CCCOc1ccc(CN(CCC)C(=O)C2CNCCO2)cc1OC.Cl. The molecule has 2 rings (SSSR count). The molecule has 26 heavy (non-hydrogen) atoms. The lowest BCUT2D eigenvalue weighted by Crippen LogP contribution is -2.49. The summed E-state index contributed by atoms with van der Waals surface area (Å²) in [5.74, 6) is 1.48. The number of benzene rings is 1. The normalized spacial score (nSPS) is 16.5. The molecular weight excluding hydrogens is 356 g/mol. The second-order valence-electron chi connectivity index (χ2n) is 6.16. The van der Waals surface area contributed by atoms with Gasteiger partial charge in [0.05, 0.1) is 20.3 Å². The molecule has 1 unspecified atom stereocenters. The van der Waals surface area contributed by atoms with Crippen LogP contribution in [-0.4, -0.2) is 56.9 Å². The Morgan fingerprint density at radius 1 is 1.31 bits per heavy atom. The van der Waals surface area contributed by atoms with Gasteiger partial charge in [-0.2, -0.15) is 0 Å². The second-order valence-corrected chi connectivity index (χ2v) is 6.16. The van der Waals surface area contributed by atoms with Gasteiger partial charge in [0.1, 0.15) is 6.10 Å². The molecule has 1 amide bonds. The van der Waals surface area contributed by atoms with Crippen LogP contribution in [0.25, 0.3) is 0 Å². The monoisotopic (exact) mass is 386 g/mol. The summed E-state index contributed by atoms with van der Waals surface area (Å²) in [7, 11) is 1.63. The average molecular weight is 387 g/mol. The topological polar surface area (TPSA) is 60.0 Å². The van der Waals surface area contributed by atoms with E-state index in [1.165, 1.54) is 0 Å². The maximum atomic E-state index is 12.8. The summed E-state index contributed by atoms with van der Waals surface area (Å²) < 4.78 is 16.7. The van der Waals surface area contributed by atoms with Crippen LogP contribution < -0.4 is 14.8 Å². The zero-order valence-corrected chi connectivity index (χ0v) is 16.8. The van der Waals surface area contributed by atoms with Crippen molar-refractivity contribution in [1.29, 1.82) is 0 Å². The van der Waals surface area contributed by atoms with Crippen molar-refractivity contribution in [3.8, 4) is 11.5 Å². The fourth-order valence-corrected chi connectivity index (χ4v) is 2.83. The minimum Gasteiger partial charge on any atom is -0.493 e. The predicted molar refractivity (Wildman–Crippen MR) is 104 cm³/mol. The van der Waals surface area contributed by atoms with E-state index in [2.05, 4.69) is 19.2 Å². The maximum absolute atomic E-state index is 12.8. The molecule has 0 bridgehead atoms. The highest BCUT2D eigenvalue weighted by atomic mass is 35.5. The molecule has 0 radical (unpaired) electrons. The molecule has 0 aromatic heterocycles. The lowest BCUT2D eigenvalue weighted by molar-refractivity contribution is -0.145. The Kier molecular flexibility index (Phi) is 10.4. The van der Waals surface area contributed by atoms with E-state index < -0.39 is 6.10 Å². The third-order valence-corrected chi connectivity index (χ3v) is 4.07. The zero-order chi connectivity index (χ0) is 18.1. The standard InChI is InChI=1S/C19H30N2O4.ClH/c1-4-9-21(19(22)18-13-20-8-11-25-18)14-15-6-7-16(24-10-5-2)17(12-15)23-3;/h6-7,12,18,20H,4-5,8-11,13-14H2,1-3H3;1H. The Morgan fingerprint density at radius 3 is 2.73 bits per heavy atom. The Morgan fingerprint density at radius 2 is 2.12 bits per heavy atom. The van der Waals surface area contributed by atoms with Crippen LogP contribution >= 0.6 is 12.4 Å². The number of nitrogens with one attached hydrogen (secondary N) is 1. The van der Waals surface area contributed by atoms with E-state index in [9.17, 15) is 4.79 Å². The van der Waals surface area contributed by atoms with Gasteiger partial charge in [-0.25, -0.2) is 0 Å². The number of nitrogens with zero attached hydrogens (tertiary/aromatic N) is 1. The fraction of sp³-hybridized carbons (Fsp3) is 0.632. The van der Waals surface area contributed by atoms with Crippen molar-refractivity contribution < 1.29 is 19.0 Å². The first kappa shape index (κ1) is 22.5. The predicted octanol–water partition coefficient (Wildman–Crippen LogP) is 2.63. The third kappa shape index (κ3) is 6.34. The number of morpholine rings is 1.